The lowest BCUT2D eigenvalue weighted by molar-refractivity contribution is -0.00542. The Balaban J connectivity index is 1.67. The number of rotatable bonds is 4. The molecule has 1 saturated carbocycles. The van der Waals surface area contributed by atoms with Crippen molar-refractivity contribution in [1.29, 1.82) is 0 Å². The second-order valence-corrected chi connectivity index (χ2v) is 8.62. The highest BCUT2D eigenvalue weighted by molar-refractivity contribution is 5.88. The van der Waals surface area contributed by atoms with Crippen molar-refractivity contribution in [1.82, 2.24) is 15.1 Å². The molecule has 1 aromatic carbocycles. The maximum atomic E-state index is 9.56. The third-order valence-corrected chi connectivity index (χ3v) is 6.15. The largest absolute Gasteiger partial charge is 0.392 e. The third kappa shape index (κ3) is 3.56. The summed E-state index contributed by atoms with van der Waals surface area (Å²) in [6.07, 6.45) is 4.92. The molecule has 2 atom stereocenters. The first-order valence-electron chi connectivity index (χ1n) is 10.9. The van der Waals surface area contributed by atoms with Crippen LogP contribution in [-0.4, -0.2) is 45.5 Å². The van der Waals surface area contributed by atoms with E-state index in [9.17, 15) is 5.11 Å². The minimum absolute atomic E-state index is 0.0119. The monoisotopic (exact) mass is 408 g/mol. The van der Waals surface area contributed by atoms with Gasteiger partial charge in [-0.15, -0.1) is 0 Å². The van der Waals surface area contributed by atoms with E-state index in [0.717, 1.165) is 54.1 Å². The summed E-state index contributed by atoms with van der Waals surface area (Å²) < 4.78 is 11.8. The first-order valence-corrected chi connectivity index (χ1v) is 10.9. The number of anilines is 1. The lowest BCUT2D eigenvalue weighted by atomic mass is 10.0. The lowest BCUT2D eigenvalue weighted by Crippen LogP contribution is -2.46. The fourth-order valence-corrected chi connectivity index (χ4v) is 4.80. The van der Waals surface area contributed by atoms with Crippen LogP contribution in [-0.2, 0) is 11.3 Å². The molecule has 5 rings (SSSR count). The van der Waals surface area contributed by atoms with Gasteiger partial charge in [-0.25, -0.2) is 9.97 Å². The second kappa shape index (κ2) is 7.96. The molecule has 7 heteroatoms. The SMILES string of the molecule is C[C@@H]1CN(c2nc(-c3cccc(CO)c3)nc3c(C4CCCC4)noc23)C[C@H](C)O1. The molecule has 0 amide bonds. The van der Waals surface area contributed by atoms with E-state index < -0.39 is 0 Å². The first kappa shape index (κ1) is 19.5. The normalized spacial score (nSPS) is 22.8. The molecule has 1 aliphatic carbocycles. The van der Waals surface area contributed by atoms with Gasteiger partial charge in [0.2, 0.25) is 5.58 Å². The zero-order valence-corrected chi connectivity index (χ0v) is 17.5. The van der Waals surface area contributed by atoms with E-state index in [1.807, 2.05) is 24.3 Å². The van der Waals surface area contributed by atoms with E-state index >= 15 is 0 Å². The van der Waals surface area contributed by atoms with Crippen LogP contribution in [0.2, 0.25) is 0 Å². The Morgan fingerprint density at radius 1 is 1.10 bits per heavy atom. The fourth-order valence-electron chi connectivity index (χ4n) is 4.80. The van der Waals surface area contributed by atoms with Crippen LogP contribution < -0.4 is 4.90 Å². The average Bonchev–Trinajstić information content (AvgIpc) is 3.42. The molecular formula is C23H28N4O3. The van der Waals surface area contributed by atoms with Gasteiger partial charge in [-0.05, 0) is 38.3 Å². The Bertz CT molecular complexity index is 1030. The summed E-state index contributed by atoms with van der Waals surface area (Å²) in [6.45, 7) is 5.63. The third-order valence-electron chi connectivity index (χ3n) is 6.15. The molecule has 3 aromatic rings. The molecule has 0 bridgehead atoms. The molecule has 2 aromatic heterocycles. The van der Waals surface area contributed by atoms with Gasteiger partial charge in [0, 0.05) is 24.6 Å². The Morgan fingerprint density at radius 3 is 2.60 bits per heavy atom. The number of ether oxygens (including phenoxy) is 1. The number of nitrogens with zero attached hydrogens (tertiary/aromatic N) is 4. The molecule has 2 aliphatic rings. The molecular weight excluding hydrogens is 380 g/mol. The van der Waals surface area contributed by atoms with Crippen LogP contribution in [0.1, 0.15) is 56.7 Å². The van der Waals surface area contributed by atoms with E-state index in [2.05, 4.69) is 23.9 Å². The summed E-state index contributed by atoms with van der Waals surface area (Å²) in [5.41, 5.74) is 4.17. The van der Waals surface area contributed by atoms with Gasteiger partial charge < -0.3 is 19.3 Å². The van der Waals surface area contributed by atoms with E-state index in [0.29, 0.717) is 17.3 Å². The minimum atomic E-state index is -0.0119. The van der Waals surface area contributed by atoms with Crippen molar-refractivity contribution in [3.63, 3.8) is 0 Å². The van der Waals surface area contributed by atoms with Gasteiger partial charge in [0.25, 0.3) is 0 Å². The number of hydrogen-bond acceptors (Lipinski definition) is 7. The molecule has 2 fully saturated rings. The number of fused-ring (bicyclic) bond motifs is 1. The Kier molecular flexibility index (Phi) is 5.16. The van der Waals surface area contributed by atoms with Gasteiger partial charge in [-0.1, -0.05) is 36.2 Å². The van der Waals surface area contributed by atoms with Crippen LogP contribution in [0, 0.1) is 0 Å². The summed E-state index contributed by atoms with van der Waals surface area (Å²) >= 11 is 0. The topological polar surface area (TPSA) is 84.5 Å². The van der Waals surface area contributed by atoms with Gasteiger partial charge in [-0.3, -0.25) is 0 Å². The van der Waals surface area contributed by atoms with E-state index in [1.165, 1.54) is 12.8 Å². The van der Waals surface area contributed by atoms with Crippen LogP contribution in [0.5, 0.6) is 0 Å². The highest BCUT2D eigenvalue weighted by Crippen LogP contribution is 2.39. The van der Waals surface area contributed by atoms with Crippen LogP contribution >= 0.6 is 0 Å². The highest BCUT2D eigenvalue weighted by atomic mass is 16.5. The van der Waals surface area contributed by atoms with Crippen LogP contribution in [0.4, 0.5) is 5.82 Å². The van der Waals surface area contributed by atoms with Gasteiger partial charge in [0.15, 0.2) is 11.6 Å². The van der Waals surface area contributed by atoms with Crippen molar-refractivity contribution >= 4 is 16.9 Å². The molecule has 0 spiro atoms. The maximum absolute atomic E-state index is 9.56. The molecule has 1 saturated heterocycles. The van der Waals surface area contributed by atoms with Gasteiger partial charge in [-0.2, -0.15) is 0 Å². The predicted octanol–water partition coefficient (Wildman–Crippen LogP) is 4.05. The Hall–Kier alpha value is -2.51. The lowest BCUT2D eigenvalue weighted by Gasteiger charge is -2.35. The first-order chi connectivity index (χ1) is 14.6. The van der Waals surface area contributed by atoms with Crippen molar-refractivity contribution in [3.8, 4) is 11.4 Å². The van der Waals surface area contributed by atoms with Crippen molar-refractivity contribution in [2.24, 2.45) is 0 Å². The minimum Gasteiger partial charge on any atom is -0.392 e. The van der Waals surface area contributed by atoms with Crippen LogP contribution in [0.15, 0.2) is 28.8 Å². The molecule has 1 N–H and O–H groups in total. The zero-order valence-electron chi connectivity index (χ0n) is 17.5. The molecule has 0 unspecified atom stereocenters. The summed E-state index contributed by atoms with van der Waals surface area (Å²) in [5, 5.41) is 14.0. The smallest absolute Gasteiger partial charge is 0.227 e. The standard InChI is InChI=1S/C23H28N4O3/c1-14-11-27(12-15(2)29-14)23-21-20(19(26-30-21)17-7-3-4-8-17)24-22(25-23)18-9-5-6-16(10-18)13-28/h5-6,9-10,14-15,17,28H,3-4,7-8,11-13H2,1-2H3/t14-,15+. The molecule has 30 heavy (non-hydrogen) atoms. The molecule has 0 radical (unpaired) electrons. The fraction of sp³-hybridized carbons (Fsp3) is 0.522. The molecule has 158 valence electrons. The van der Waals surface area contributed by atoms with Crippen LogP contribution in [0.3, 0.4) is 0 Å². The molecule has 1 aliphatic heterocycles. The zero-order chi connectivity index (χ0) is 20.7. The summed E-state index contributed by atoms with van der Waals surface area (Å²) in [5.74, 6) is 1.82. The Labute approximate surface area is 176 Å². The predicted molar refractivity (Wildman–Crippen MR) is 114 cm³/mol. The van der Waals surface area contributed by atoms with Gasteiger partial charge in [0.05, 0.1) is 18.8 Å². The quantitative estimate of drug-likeness (QED) is 0.697. The van der Waals surface area contributed by atoms with Gasteiger partial charge >= 0.3 is 0 Å². The van der Waals surface area contributed by atoms with Crippen molar-refractivity contribution in [2.45, 2.75) is 64.3 Å². The van der Waals surface area contributed by atoms with E-state index in [4.69, 9.17) is 19.2 Å². The summed E-state index contributed by atoms with van der Waals surface area (Å²) in [6, 6.07) is 7.76. The number of aliphatic hydroxyl groups is 1. The van der Waals surface area contributed by atoms with Crippen molar-refractivity contribution in [2.75, 3.05) is 18.0 Å². The van der Waals surface area contributed by atoms with E-state index in [1.54, 1.807) is 0 Å². The summed E-state index contributed by atoms with van der Waals surface area (Å²) in [7, 11) is 0. The number of morpholine rings is 1. The number of benzene rings is 1. The van der Waals surface area contributed by atoms with Crippen LogP contribution in [0.25, 0.3) is 22.5 Å². The van der Waals surface area contributed by atoms with E-state index in [-0.39, 0.29) is 18.8 Å². The maximum Gasteiger partial charge on any atom is 0.227 e. The van der Waals surface area contributed by atoms with Crippen molar-refractivity contribution < 1.29 is 14.4 Å². The average molecular weight is 409 g/mol. The highest BCUT2D eigenvalue weighted by Gasteiger charge is 2.30. The number of hydrogen-bond donors (Lipinski definition) is 1. The second-order valence-electron chi connectivity index (χ2n) is 8.62. The Morgan fingerprint density at radius 2 is 1.87 bits per heavy atom. The summed E-state index contributed by atoms with van der Waals surface area (Å²) in [4.78, 5) is 12.1. The van der Waals surface area contributed by atoms with Gasteiger partial charge in [0.1, 0.15) is 11.2 Å². The molecule has 7 nitrogen and oxygen atoms in total. The number of aromatic nitrogens is 3. The number of aliphatic hydroxyl groups excluding tert-OH is 1. The molecule has 3 heterocycles. The van der Waals surface area contributed by atoms with Crippen molar-refractivity contribution in [3.05, 3.63) is 35.5 Å².